The lowest BCUT2D eigenvalue weighted by Crippen LogP contribution is -2.21. The van der Waals surface area contributed by atoms with Gasteiger partial charge < -0.3 is 14.8 Å². The smallest absolute Gasteiger partial charge is 0.476 e. The summed E-state index contributed by atoms with van der Waals surface area (Å²) in [5.74, 6) is -3.34. The van der Waals surface area contributed by atoms with E-state index < -0.39 is 18.1 Å². The molecule has 0 saturated carbocycles. The van der Waals surface area contributed by atoms with Crippen molar-refractivity contribution in [3.63, 3.8) is 0 Å². The van der Waals surface area contributed by atoms with Crippen LogP contribution < -0.4 is 0 Å². The fraction of sp³-hybridized carbons (Fsp3) is 0.143. The second kappa shape index (κ2) is 9.32. The Morgan fingerprint density at radius 2 is 1.77 bits per heavy atom. The number of aromatic carboxylic acids is 1. The number of hydrogen-bond acceptors (Lipinski definition) is 7. The van der Waals surface area contributed by atoms with Gasteiger partial charge in [0.2, 0.25) is 0 Å². The zero-order valence-corrected chi connectivity index (χ0v) is 16.8. The number of hydrogen-bond donors (Lipinski definition) is 3. The molecule has 0 unspecified atom stereocenters. The molecule has 0 aliphatic carbocycles. The standard InChI is InChI=1S/C12H8Cl2N6O2S.C2HF3O2/c1-20-9(5-2-3-6(13)7(14)4-5)16-18-12(20)23-10-8(11(21)22)15-19-17-10;3-2(4,5)1(6)7/h2-4H,1H3,(H,21,22)(H,15,17,19);(H,6,7). The fourth-order valence-electron chi connectivity index (χ4n) is 1.81. The molecule has 1 aromatic carbocycles. The molecule has 0 radical (unpaired) electrons. The third-order valence-electron chi connectivity index (χ3n) is 3.17. The first-order valence-corrected chi connectivity index (χ1v) is 8.96. The Bertz CT molecular complexity index is 1090. The van der Waals surface area contributed by atoms with E-state index in [4.69, 9.17) is 38.2 Å². The Kier molecular flexibility index (Phi) is 7.28. The van der Waals surface area contributed by atoms with E-state index in [-0.39, 0.29) is 10.7 Å². The molecule has 3 rings (SSSR count). The van der Waals surface area contributed by atoms with Crippen LogP contribution in [0.2, 0.25) is 10.0 Å². The molecule has 0 bridgehead atoms. The number of carboxylic acid groups (broad SMARTS) is 2. The van der Waals surface area contributed by atoms with Gasteiger partial charge in [0, 0.05) is 12.6 Å². The Hall–Kier alpha value is -2.84. The average Bonchev–Trinajstić information content (AvgIpc) is 3.25. The van der Waals surface area contributed by atoms with E-state index >= 15 is 0 Å². The number of benzene rings is 1. The second-order valence-electron chi connectivity index (χ2n) is 5.20. The molecule has 0 saturated heterocycles. The maximum absolute atomic E-state index is 11.1. The second-order valence-corrected chi connectivity index (χ2v) is 6.97. The number of halogens is 5. The van der Waals surface area contributed by atoms with Crippen molar-refractivity contribution in [2.75, 3.05) is 0 Å². The number of alkyl halides is 3. The highest BCUT2D eigenvalue weighted by molar-refractivity contribution is 7.99. The van der Waals surface area contributed by atoms with E-state index in [1.807, 2.05) is 0 Å². The van der Waals surface area contributed by atoms with Crippen molar-refractivity contribution in [3.8, 4) is 11.4 Å². The molecular weight excluding hydrogens is 476 g/mol. The number of aromatic nitrogens is 6. The molecule has 16 heteroatoms. The van der Waals surface area contributed by atoms with Gasteiger partial charge in [-0.3, -0.25) is 5.10 Å². The van der Waals surface area contributed by atoms with Crippen LogP contribution in [0.5, 0.6) is 0 Å². The third-order valence-corrected chi connectivity index (χ3v) is 4.93. The highest BCUT2D eigenvalue weighted by Crippen LogP contribution is 2.31. The molecule has 0 aliphatic rings. The van der Waals surface area contributed by atoms with Gasteiger partial charge in [0.15, 0.2) is 21.7 Å². The number of aliphatic carboxylic acids is 1. The summed E-state index contributed by atoms with van der Waals surface area (Å²) in [7, 11) is 1.75. The minimum atomic E-state index is -5.08. The number of rotatable bonds is 4. The van der Waals surface area contributed by atoms with Crippen molar-refractivity contribution in [2.24, 2.45) is 7.05 Å². The largest absolute Gasteiger partial charge is 0.490 e. The molecule has 2 heterocycles. The molecule has 160 valence electrons. The summed E-state index contributed by atoms with van der Waals surface area (Å²) >= 11 is 13.0. The van der Waals surface area contributed by atoms with E-state index in [0.29, 0.717) is 21.0 Å². The van der Waals surface area contributed by atoms with Crippen LogP contribution in [0.25, 0.3) is 11.4 Å². The summed E-state index contributed by atoms with van der Waals surface area (Å²) < 4.78 is 33.4. The van der Waals surface area contributed by atoms with E-state index in [0.717, 1.165) is 17.3 Å². The molecular formula is C14H9Cl2F3N6O4S. The molecule has 3 N–H and O–H groups in total. The highest BCUT2D eigenvalue weighted by Gasteiger charge is 2.38. The number of carboxylic acids is 2. The van der Waals surface area contributed by atoms with E-state index in [1.54, 1.807) is 29.8 Å². The Balaban J connectivity index is 0.000000396. The molecule has 10 nitrogen and oxygen atoms in total. The van der Waals surface area contributed by atoms with Crippen LogP contribution in [-0.4, -0.2) is 58.5 Å². The van der Waals surface area contributed by atoms with Crippen LogP contribution in [0.3, 0.4) is 0 Å². The van der Waals surface area contributed by atoms with Gasteiger partial charge in [-0.1, -0.05) is 28.4 Å². The van der Waals surface area contributed by atoms with E-state index in [1.165, 1.54) is 0 Å². The van der Waals surface area contributed by atoms with Crippen LogP contribution >= 0.6 is 35.0 Å². The SMILES string of the molecule is Cn1c(Sc2nn[nH]c2C(=O)O)nnc1-c1ccc(Cl)c(Cl)c1.O=C(O)C(F)(F)F. The van der Waals surface area contributed by atoms with Crippen LogP contribution in [0.4, 0.5) is 13.2 Å². The lowest BCUT2D eigenvalue weighted by molar-refractivity contribution is -0.192. The van der Waals surface area contributed by atoms with Gasteiger partial charge in [-0.2, -0.15) is 13.2 Å². The van der Waals surface area contributed by atoms with Gasteiger partial charge in [-0.05, 0) is 30.0 Å². The van der Waals surface area contributed by atoms with Gasteiger partial charge in [-0.15, -0.1) is 15.3 Å². The van der Waals surface area contributed by atoms with E-state index in [2.05, 4.69) is 25.6 Å². The number of H-pyrrole nitrogens is 1. The van der Waals surface area contributed by atoms with Crippen LogP contribution in [0.1, 0.15) is 10.5 Å². The van der Waals surface area contributed by atoms with Crippen molar-refractivity contribution in [2.45, 2.75) is 16.4 Å². The van der Waals surface area contributed by atoms with Gasteiger partial charge >= 0.3 is 18.1 Å². The highest BCUT2D eigenvalue weighted by atomic mass is 35.5. The zero-order chi connectivity index (χ0) is 22.6. The lowest BCUT2D eigenvalue weighted by atomic mass is 10.2. The molecule has 0 aliphatic heterocycles. The van der Waals surface area contributed by atoms with Crippen molar-refractivity contribution in [1.82, 2.24) is 30.2 Å². The zero-order valence-electron chi connectivity index (χ0n) is 14.5. The molecule has 30 heavy (non-hydrogen) atoms. The summed E-state index contributed by atoms with van der Waals surface area (Å²) in [5, 5.41) is 35.4. The van der Waals surface area contributed by atoms with Crippen molar-refractivity contribution in [1.29, 1.82) is 0 Å². The monoisotopic (exact) mass is 484 g/mol. The topological polar surface area (TPSA) is 147 Å². The molecule has 0 fully saturated rings. The number of nitrogens with one attached hydrogen (secondary N) is 1. The predicted molar refractivity (Wildman–Crippen MR) is 97.6 cm³/mol. The fourth-order valence-corrected chi connectivity index (χ4v) is 2.90. The van der Waals surface area contributed by atoms with Gasteiger partial charge in [0.25, 0.3) is 0 Å². The summed E-state index contributed by atoms with van der Waals surface area (Å²) in [5.41, 5.74) is 0.633. The maximum atomic E-state index is 11.1. The molecule has 2 aromatic heterocycles. The lowest BCUT2D eigenvalue weighted by Gasteiger charge is -2.04. The first-order chi connectivity index (χ1) is 13.9. The predicted octanol–water partition coefficient (Wildman–Crippen LogP) is 3.39. The molecule has 3 aromatic rings. The normalized spacial score (nSPS) is 11.0. The Morgan fingerprint density at radius 3 is 2.30 bits per heavy atom. The van der Waals surface area contributed by atoms with Gasteiger partial charge in [0.1, 0.15) is 0 Å². The minimum absolute atomic E-state index is 0.103. The summed E-state index contributed by atoms with van der Waals surface area (Å²) in [4.78, 5) is 20.0. The van der Waals surface area contributed by atoms with Gasteiger partial charge in [-0.25, -0.2) is 9.59 Å². The molecule has 0 atom stereocenters. The van der Waals surface area contributed by atoms with Crippen molar-refractivity contribution >= 4 is 46.9 Å². The Morgan fingerprint density at radius 1 is 1.13 bits per heavy atom. The third kappa shape index (κ3) is 5.61. The van der Waals surface area contributed by atoms with Crippen molar-refractivity contribution in [3.05, 3.63) is 33.9 Å². The number of carbonyl (C=O) groups is 2. The van der Waals surface area contributed by atoms with Crippen molar-refractivity contribution < 1.29 is 33.0 Å². The minimum Gasteiger partial charge on any atom is -0.476 e. The number of nitrogens with zero attached hydrogens (tertiary/aromatic N) is 5. The number of aromatic amines is 1. The molecule has 0 amide bonds. The van der Waals surface area contributed by atoms with Crippen LogP contribution in [0.15, 0.2) is 28.4 Å². The Labute approximate surface area is 179 Å². The first kappa shape index (κ1) is 23.4. The quantitative estimate of drug-likeness (QED) is 0.506. The maximum Gasteiger partial charge on any atom is 0.490 e. The summed E-state index contributed by atoms with van der Waals surface area (Å²) in [6.45, 7) is 0. The molecule has 0 spiro atoms. The summed E-state index contributed by atoms with van der Waals surface area (Å²) in [6, 6.07) is 5.12. The average molecular weight is 485 g/mol. The van der Waals surface area contributed by atoms with Crippen LogP contribution in [-0.2, 0) is 11.8 Å². The van der Waals surface area contributed by atoms with Crippen LogP contribution in [0, 0.1) is 0 Å². The van der Waals surface area contributed by atoms with Gasteiger partial charge in [0.05, 0.1) is 10.0 Å². The summed E-state index contributed by atoms with van der Waals surface area (Å²) in [6.07, 6.45) is -5.08. The van der Waals surface area contributed by atoms with E-state index in [9.17, 15) is 18.0 Å². The first-order valence-electron chi connectivity index (χ1n) is 7.39.